The first-order chi connectivity index (χ1) is 38.1. The van der Waals surface area contributed by atoms with Crippen LogP contribution in [-0.4, -0.2) is 105 Å². The Bertz CT molecular complexity index is 2780. The first-order valence-corrected chi connectivity index (χ1v) is 30.7. The van der Waals surface area contributed by atoms with E-state index in [0.29, 0.717) is 87.1 Å². The van der Waals surface area contributed by atoms with Crippen molar-refractivity contribution in [1.82, 2.24) is 25.2 Å². The zero-order valence-electron chi connectivity index (χ0n) is 51.2. The van der Waals surface area contributed by atoms with Crippen LogP contribution in [0.4, 0.5) is 4.39 Å². The molecule has 0 amide bonds. The third-order valence-corrected chi connectivity index (χ3v) is 23.6. The van der Waals surface area contributed by atoms with E-state index < -0.39 is 18.4 Å². The van der Waals surface area contributed by atoms with Crippen molar-refractivity contribution >= 4 is 79.1 Å². The maximum atomic E-state index is 13.8. The van der Waals surface area contributed by atoms with Crippen LogP contribution < -0.4 is 108 Å². The Balaban J connectivity index is 0.000000277. The van der Waals surface area contributed by atoms with Gasteiger partial charge in [0.1, 0.15) is 23.4 Å². The Hall–Kier alpha value is 0.183. The normalized spacial score (nSPS) is 37.4. The van der Waals surface area contributed by atoms with Gasteiger partial charge in [0, 0.05) is 41.5 Å². The summed E-state index contributed by atoms with van der Waals surface area (Å²) in [4.78, 5) is 37.6. The first-order valence-electron chi connectivity index (χ1n) is 29.5. The van der Waals surface area contributed by atoms with Gasteiger partial charge in [-0.1, -0.05) is 74.3 Å². The largest absolute Gasteiger partial charge is 1.00 e. The Labute approximate surface area is 592 Å². The molecule has 8 fully saturated rings. The fourth-order valence-electron chi connectivity index (χ4n) is 18.8. The summed E-state index contributed by atoms with van der Waals surface area (Å²) in [6.45, 7) is 11.0. The van der Waals surface area contributed by atoms with E-state index in [1.807, 2.05) is 35.1 Å². The van der Waals surface area contributed by atoms with Crippen LogP contribution in [-0.2, 0) is 35.3 Å². The monoisotopic (exact) mass is 1300 g/mol. The molecule has 0 unspecified atom stereocenters. The molecule has 20 heteroatoms. The summed E-state index contributed by atoms with van der Waals surface area (Å²) in [6, 6.07) is 11.1. The van der Waals surface area contributed by atoms with Crippen LogP contribution in [0.1, 0.15) is 153 Å². The van der Waals surface area contributed by atoms with Crippen molar-refractivity contribution in [2.45, 2.75) is 168 Å². The first kappa shape index (κ1) is 71.3. The van der Waals surface area contributed by atoms with Crippen LogP contribution in [0.3, 0.4) is 0 Å². The van der Waals surface area contributed by atoms with Crippen molar-refractivity contribution in [3.05, 3.63) is 52.6 Å². The topological polar surface area (TPSA) is 202 Å². The summed E-state index contributed by atoms with van der Waals surface area (Å²) in [6.07, 6.45) is 22.0. The summed E-state index contributed by atoms with van der Waals surface area (Å²) in [5, 5.41) is 48.2. The minimum atomic E-state index is -1.00. The fourth-order valence-corrected chi connectivity index (χ4v) is 19.6. The number of aliphatic hydroxyl groups is 2. The number of carbonyl (C=O) groups excluding carboxylic acids is 3. The molecule has 0 spiro atoms. The molecule has 3 N–H and O–H groups in total. The quantitative estimate of drug-likeness (QED) is 0.0502. The number of methoxy groups -OCH3 is 2. The SMILES string of the molecule is C.COC[C@@]1(O)CC[C@@]2(C)[C@@H](CC[C@@H]3[C@@H]2CC[C@]2(C)[C@@H](C(=O)CBr)CC[C@@H]32)C1.COC[C@@]1(O)CC[C@@]2(C)[C@@H](CC[C@@H]3[C@@H]2CC[C@]2(C)[C@@H](C(=O)Cn4ncc5ccc(Cl)cc54)CC[C@@H]32)C1.Clc1ccc2n[nH]nc2c1.O=CO[O-].[2H]CF.[H-].[K+].[K+]. The number of alkyl halides is 2. The van der Waals surface area contributed by atoms with E-state index in [4.69, 9.17) is 44.1 Å². The second-order valence-corrected chi connectivity index (χ2v) is 27.5. The van der Waals surface area contributed by atoms with Crippen LogP contribution in [0, 0.1) is 80.8 Å². The minimum Gasteiger partial charge on any atom is -1.00 e. The van der Waals surface area contributed by atoms with Crippen molar-refractivity contribution in [3.63, 3.8) is 0 Å². The number of carbonyl (C=O) groups is 3. The van der Waals surface area contributed by atoms with Crippen LogP contribution in [0.25, 0.3) is 21.9 Å². The molecule has 82 heavy (non-hydrogen) atoms. The van der Waals surface area contributed by atoms with Gasteiger partial charge < -0.3 is 31.3 Å². The number of H-pyrrole nitrogens is 1. The number of fused-ring (bicyclic) bond motifs is 12. The number of aromatic nitrogens is 5. The fraction of sp³-hybridized carbons (Fsp3) is 0.742. The molecule has 0 bridgehead atoms. The van der Waals surface area contributed by atoms with Crippen molar-refractivity contribution in [3.8, 4) is 0 Å². The molecule has 8 aliphatic carbocycles. The zero-order chi connectivity index (χ0) is 57.8. The number of ether oxygens (including phenoxy) is 2. The van der Waals surface area contributed by atoms with Gasteiger partial charge in [-0.15, -0.1) is 0 Å². The van der Waals surface area contributed by atoms with E-state index in [1.54, 1.807) is 26.4 Å². The minimum absolute atomic E-state index is 0. The number of aromatic amines is 1. The van der Waals surface area contributed by atoms with Gasteiger partial charge in [0.2, 0.25) is 0 Å². The van der Waals surface area contributed by atoms with Gasteiger partial charge in [-0.05, 0) is 221 Å². The second kappa shape index (κ2) is 30.8. The van der Waals surface area contributed by atoms with Gasteiger partial charge in [0.15, 0.2) is 5.78 Å². The van der Waals surface area contributed by atoms with Crippen molar-refractivity contribution in [1.29, 1.82) is 0 Å². The third kappa shape index (κ3) is 14.8. The number of nitrogens with one attached hydrogen (secondary N) is 1. The molecule has 12 rings (SSSR count). The summed E-state index contributed by atoms with van der Waals surface area (Å²) in [5.74, 6) is 6.70. The average Bonchev–Trinajstić information content (AvgIpc) is 1.77. The number of Topliss-reactive ketones (excluding diaryl/α,β-unsaturated/α-hetero) is 2. The molecule has 448 valence electrons. The van der Waals surface area contributed by atoms with E-state index >= 15 is 0 Å². The Morgan fingerprint density at radius 3 is 1.70 bits per heavy atom. The Morgan fingerprint density at radius 1 is 0.744 bits per heavy atom. The van der Waals surface area contributed by atoms with Crippen molar-refractivity contribution in [2.24, 2.45) is 80.8 Å². The molecule has 8 saturated carbocycles. The number of halogens is 4. The van der Waals surface area contributed by atoms with Crippen LogP contribution >= 0.6 is 39.1 Å². The standard InChI is InChI=1S/C30H41ClN2O3.C23H37BrO3.C6H4ClN3.CH3F.CH2O3.CH4.2K.H/c1-28-12-13-30(35,18-36-3)15-20(28)5-7-22-23-8-9-25(29(23,2)11-10-24(22)28)27(34)17-33-26-14-21(31)6-4-19(26)16-32-33;1-21-10-11-23(26,14-27-3)12-15(21)4-5-16-17-6-7-19(20(25)13-24)22(17,2)9-8-18(16)21;7-4-1-2-5-6(3-4)9-10-8-5;1-2;2-1-4-3;;;;/h4,6,14,16,20,22-25,35H,5,7-13,15,17-18H2,1-3H3;15-19,26H,4-14H2,1-3H3;1-3H,(H,8,9,10);1H3;1,3H;1H4;;;/q;;;;;;2*+1;-1/p-1/t20-,22-,23-,24-,25+,28-,29-,30+;15-,16-,17-,18-,19+,21-,22-,23+;;;;;;;/m00......./s1/i;;;1D;;;;;. The predicted molar refractivity (Wildman–Crippen MR) is 314 cm³/mol. The summed E-state index contributed by atoms with van der Waals surface area (Å²) in [5.41, 5.74) is 2.29. The molecule has 2 heterocycles. The van der Waals surface area contributed by atoms with E-state index in [2.05, 4.69) is 69.0 Å². The molecule has 2 aromatic carbocycles. The van der Waals surface area contributed by atoms with Gasteiger partial charge in [0.25, 0.3) is 6.47 Å². The number of benzene rings is 2. The molecular weight excluding hydrogens is 1210 g/mol. The smallest absolute Gasteiger partial charge is 1.00 e. The van der Waals surface area contributed by atoms with Crippen LogP contribution in [0.15, 0.2) is 42.6 Å². The van der Waals surface area contributed by atoms with Gasteiger partial charge in [-0.2, -0.15) is 20.5 Å². The number of rotatable bonds is 10. The molecule has 0 saturated heterocycles. The molecule has 0 radical (unpaired) electrons. The van der Waals surface area contributed by atoms with Gasteiger partial charge in [0.05, 0.1) is 50.0 Å². The van der Waals surface area contributed by atoms with E-state index in [9.17, 15) is 24.2 Å². The molecule has 16 atom stereocenters. The number of hydrogen-bond donors (Lipinski definition) is 3. The van der Waals surface area contributed by atoms with E-state index in [-0.39, 0.29) is 141 Å². The molecule has 0 aliphatic heterocycles. The van der Waals surface area contributed by atoms with Crippen molar-refractivity contribution in [2.75, 3.05) is 39.9 Å². The molecule has 2 aromatic heterocycles. The van der Waals surface area contributed by atoms with Crippen LogP contribution in [0.5, 0.6) is 0 Å². The predicted octanol–water partition coefficient (Wildman–Crippen LogP) is 6.67. The maximum Gasteiger partial charge on any atom is 1.00 e. The third-order valence-electron chi connectivity index (χ3n) is 22.6. The summed E-state index contributed by atoms with van der Waals surface area (Å²) in [7, 11) is 2.40. The molecule has 8 aliphatic rings. The zero-order valence-corrected chi connectivity index (χ0v) is 58.6. The van der Waals surface area contributed by atoms with Crippen molar-refractivity contribution < 1.29 is 154 Å². The van der Waals surface area contributed by atoms with Crippen LogP contribution in [0.2, 0.25) is 10.0 Å². The van der Waals surface area contributed by atoms with Gasteiger partial charge in [-0.3, -0.25) is 23.5 Å². The number of ketones is 2. The van der Waals surface area contributed by atoms with E-state index in [0.717, 1.165) is 97.5 Å². The van der Waals surface area contributed by atoms with Gasteiger partial charge in [-0.25, -0.2) is 0 Å². The number of hydrogen-bond acceptors (Lipinski definition) is 12. The second-order valence-electron chi connectivity index (χ2n) is 26.1. The molecular formula is C62H91BrCl2FK2N5O9. The number of nitrogens with zero attached hydrogens (tertiary/aromatic N) is 4. The average molecular weight is 1300 g/mol. The summed E-state index contributed by atoms with van der Waals surface area (Å²) < 4.78 is 28.1. The maximum absolute atomic E-state index is 13.8. The molecule has 4 aromatic rings. The Morgan fingerprint density at radius 2 is 1.21 bits per heavy atom. The molecule has 14 nitrogen and oxygen atoms in total. The summed E-state index contributed by atoms with van der Waals surface area (Å²) >= 11 is 15.4. The van der Waals surface area contributed by atoms with Gasteiger partial charge >= 0.3 is 103 Å². The Kier molecular flexibility index (Phi) is 26.8. The van der Waals surface area contributed by atoms with E-state index in [1.165, 1.54) is 57.8 Å².